The number of aryl methyl sites for hydroxylation is 2. The first-order valence-corrected chi connectivity index (χ1v) is 8.31. The Bertz CT molecular complexity index is 792. The molecule has 0 radical (unpaired) electrons. The zero-order valence-electron chi connectivity index (χ0n) is 12.7. The Kier molecular flexibility index (Phi) is 5.07. The summed E-state index contributed by atoms with van der Waals surface area (Å²) in [5.74, 6) is 0.303. The molecule has 0 unspecified atom stereocenters. The van der Waals surface area contributed by atoms with Gasteiger partial charge in [-0.05, 0) is 44.2 Å². The van der Waals surface area contributed by atoms with Crippen LogP contribution in [0.25, 0.3) is 0 Å². The van der Waals surface area contributed by atoms with Crippen molar-refractivity contribution in [1.29, 1.82) is 0 Å². The van der Waals surface area contributed by atoms with Gasteiger partial charge in [0.05, 0.1) is 5.56 Å². The van der Waals surface area contributed by atoms with E-state index in [0.29, 0.717) is 17.3 Å². The third-order valence-corrected chi connectivity index (χ3v) is 4.62. The quantitative estimate of drug-likeness (QED) is 0.747. The average molecular weight is 339 g/mol. The summed E-state index contributed by atoms with van der Waals surface area (Å²) in [6, 6.07) is 7.32. The van der Waals surface area contributed by atoms with E-state index < -0.39 is 16.0 Å². The highest BCUT2D eigenvalue weighted by Crippen LogP contribution is 2.19. The molecule has 2 rings (SSSR count). The topological polar surface area (TPSA) is 106 Å². The molecule has 1 aromatic heterocycles. The largest absolute Gasteiger partial charge is 0.492 e. The molecule has 0 amide bonds. The summed E-state index contributed by atoms with van der Waals surface area (Å²) in [6.45, 7) is 3.45. The SMILES string of the molecule is Cc1cc(S(=O)(=O)NCCOc2ccc(C(=O)O)cc2)c(C)o1. The maximum atomic E-state index is 12.1. The number of sulfonamides is 1. The summed E-state index contributed by atoms with van der Waals surface area (Å²) in [4.78, 5) is 10.8. The lowest BCUT2D eigenvalue weighted by Crippen LogP contribution is -2.28. The number of aromatic carboxylic acids is 1. The molecule has 0 aliphatic heterocycles. The first kappa shape index (κ1) is 17.0. The minimum absolute atomic E-state index is 0.0761. The van der Waals surface area contributed by atoms with Gasteiger partial charge in [-0.2, -0.15) is 0 Å². The second-order valence-electron chi connectivity index (χ2n) is 4.85. The number of furan rings is 1. The van der Waals surface area contributed by atoms with Crippen molar-refractivity contribution in [1.82, 2.24) is 4.72 Å². The van der Waals surface area contributed by atoms with Gasteiger partial charge in [-0.25, -0.2) is 17.9 Å². The maximum absolute atomic E-state index is 12.1. The zero-order valence-corrected chi connectivity index (χ0v) is 13.5. The Morgan fingerprint density at radius 1 is 1.26 bits per heavy atom. The summed E-state index contributed by atoms with van der Waals surface area (Å²) < 4.78 is 37.2. The van der Waals surface area contributed by atoms with Gasteiger partial charge in [0.1, 0.15) is 28.8 Å². The fourth-order valence-electron chi connectivity index (χ4n) is 1.99. The second-order valence-corrected chi connectivity index (χ2v) is 6.59. The number of hydrogen-bond acceptors (Lipinski definition) is 5. The molecule has 0 aliphatic carbocycles. The molecule has 7 nitrogen and oxygen atoms in total. The number of rotatable bonds is 7. The molecule has 23 heavy (non-hydrogen) atoms. The lowest BCUT2D eigenvalue weighted by atomic mass is 10.2. The highest BCUT2D eigenvalue weighted by Gasteiger charge is 2.19. The predicted octanol–water partition coefficient (Wildman–Crippen LogP) is 1.95. The van der Waals surface area contributed by atoms with E-state index in [2.05, 4.69) is 4.72 Å². The van der Waals surface area contributed by atoms with Gasteiger partial charge in [-0.1, -0.05) is 0 Å². The van der Waals surface area contributed by atoms with Crippen molar-refractivity contribution in [3.8, 4) is 5.75 Å². The first-order valence-electron chi connectivity index (χ1n) is 6.82. The Morgan fingerprint density at radius 3 is 2.43 bits per heavy atom. The van der Waals surface area contributed by atoms with Gasteiger partial charge in [0, 0.05) is 6.54 Å². The van der Waals surface area contributed by atoms with Crippen LogP contribution in [-0.4, -0.2) is 32.6 Å². The molecule has 124 valence electrons. The Hall–Kier alpha value is -2.32. The van der Waals surface area contributed by atoms with Crippen molar-refractivity contribution in [2.45, 2.75) is 18.7 Å². The van der Waals surface area contributed by atoms with Crippen LogP contribution in [0.3, 0.4) is 0 Å². The second kappa shape index (κ2) is 6.84. The Balaban J connectivity index is 1.87. The molecule has 1 aromatic carbocycles. The molecule has 0 aliphatic rings. The van der Waals surface area contributed by atoms with Crippen LogP contribution in [0.1, 0.15) is 21.9 Å². The summed E-state index contributed by atoms with van der Waals surface area (Å²) in [6.07, 6.45) is 0. The standard InChI is InChI=1S/C15H17NO6S/c1-10-9-14(11(2)22-10)23(19,20)16-7-8-21-13-5-3-12(4-6-13)15(17)18/h3-6,9,16H,7-8H2,1-2H3,(H,17,18). The number of hydrogen-bond donors (Lipinski definition) is 2. The van der Waals surface area contributed by atoms with E-state index in [1.54, 1.807) is 13.8 Å². The summed E-state index contributed by atoms with van der Waals surface area (Å²) >= 11 is 0. The van der Waals surface area contributed by atoms with Crippen molar-refractivity contribution < 1.29 is 27.5 Å². The van der Waals surface area contributed by atoms with Crippen LogP contribution in [0.15, 0.2) is 39.6 Å². The van der Waals surface area contributed by atoms with Gasteiger partial charge in [-0.15, -0.1) is 0 Å². The number of carboxylic acids is 1. The molecule has 0 saturated heterocycles. The third kappa shape index (κ3) is 4.33. The van der Waals surface area contributed by atoms with Crippen LogP contribution in [0.5, 0.6) is 5.75 Å². The van der Waals surface area contributed by atoms with Crippen LogP contribution in [0, 0.1) is 13.8 Å². The van der Waals surface area contributed by atoms with E-state index in [-0.39, 0.29) is 23.6 Å². The van der Waals surface area contributed by atoms with Gasteiger partial charge in [0.25, 0.3) is 0 Å². The summed E-state index contributed by atoms with van der Waals surface area (Å²) in [7, 11) is -3.64. The van der Waals surface area contributed by atoms with Crippen molar-refractivity contribution in [3.63, 3.8) is 0 Å². The fourth-order valence-corrected chi connectivity index (χ4v) is 3.24. The van der Waals surface area contributed by atoms with Crippen LogP contribution < -0.4 is 9.46 Å². The monoisotopic (exact) mass is 339 g/mol. The van der Waals surface area contributed by atoms with Crippen molar-refractivity contribution in [2.24, 2.45) is 0 Å². The number of benzene rings is 1. The predicted molar refractivity (Wildman–Crippen MR) is 82.3 cm³/mol. The highest BCUT2D eigenvalue weighted by atomic mass is 32.2. The molecule has 0 saturated carbocycles. The van der Waals surface area contributed by atoms with Crippen LogP contribution in [-0.2, 0) is 10.0 Å². The first-order chi connectivity index (χ1) is 10.8. The smallest absolute Gasteiger partial charge is 0.335 e. The van der Waals surface area contributed by atoms with E-state index >= 15 is 0 Å². The molecule has 8 heteroatoms. The normalized spacial score (nSPS) is 11.4. The lowest BCUT2D eigenvalue weighted by molar-refractivity contribution is 0.0697. The third-order valence-electron chi connectivity index (χ3n) is 3.05. The van der Waals surface area contributed by atoms with E-state index in [4.69, 9.17) is 14.3 Å². The van der Waals surface area contributed by atoms with Crippen molar-refractivity contribution in [3.05, 3.63) is 47.4 Å². The molecule has 0 bridgehead atoms. The summed E-state index contributed by atoms with van der Waals surface area (Å²) in [5, 5.41) is 8.79. The van der Waals surface area contributed by atoms with E-state index in [9.17, 15) is 13.2 Å². The minimum Gasteiger partial charge on any atom is -0.492 e. The molecule has 0 spiro atoms. The Labute approximate surface area is 133 Å². The van der Waals surface area contributed by atoms with Crippen molar-refractivity contribution >= 4 is 16.0 Å². The fraction of sp³-hybridized carbons (Fsp3) is 0.267. The summed E-state index contributed by atoms with van der Waals surface area (Å²) in [5.41, 5.74) is 0.156. The van der Waals surface area contributed by atoms with Crippen LogP contribution in [0.4, 0.5) is 0 Å². The Morgan fingerprint density at radius 2 is 1.91 bits per heavy atom. The molecular formula is C15H17NO6S. The number of nitrogens with one attached hydrogen (secondary N) is 1. The number of carbonyl (C=O) groups is 1. The minimum atomic E-state index is -3.64. The van der Waals surface area contributed by atoms with Gasteiger partial charge >= 0.3 is 5.97 Å². The molecule has 0 atom stereocenters. The van der Waals surface area contributed by atoms with Gasteiger partial charge in [0.15, 0.2) is 0 Å². The van der Waals surface area contributed by atoms with E-state index in [1.807, 2.05) is 0 Å². The van der Waals surface area contributed by atoms with E-state index in [1.165, 1.54) is 30.3 Å². The highest BCUT2D eigenvalue weighted by molar-refractivity contribution is 7.89. The molecule has 2 N–H and O–H groups in total. The van der Waals surface area contributed by atoms with Gasteiger partial charge < -0.3 is 14.3 Å². The zero-order chi connectivity index (χ0) is 17.0. The lowest BCUT2D eigenvalue weighted by Gasteiger charge is -2.08. The number of ether oxygens (including phenoxy) is 1. The van der Waals surface area contributed by atoms with Crippen LogP contribution in [0.2, 0.25) is 0 Å². The molecule has 0 fully saturated rings. The van der Waals surface area contributed by atoms with Gasteiger partial charge in [0.2, 0.25) is 10.0 Å². The molecule has 2 aromatic rings. The number of carboxylic acid groups (broad SMARTS) is 1. The average Bonchev–Trinajstić information content (AvgIpc) is 2.84. The van der Waals surface area contributed by atoms with Crippen molar-refractivity contribution in [2.75, 3.05) is 13.2 Å². The maximum Gasteiger partial charge on any atom is 0.335 e. The van der Waals surface area contributed by atoms with Gasteiger partial charge in [-0.3, -0.25) is 0 Å². The van der Waals surface area contributed by atoms with Crippen LogP contribution >= 0.6 is 0 Å². The molecule has 1 heterocycles. The van der Waals surface area contributed by atoms with E-state index in [0.717, 1.165) is 0 Å². The molecular weight excluding hydrogens is 322 g/mol.